The minimum atomic E-state index is 0.750. The Bertz CT molecular complexity index is 219. The zero-order chi connectivity index (χ0) is 10.7. The van der Waals surface area contributed by atoms with Crippen molar-refractivity contribution in [3.63, 3.8) is 0 Å². The highest BCUT2D eigenvalue weighted by Crippen LogP contribution is 2.28. The van der Waals surface area contributed by atoms with E-state index >= 15 is 0 Å². The van der Waals surface area contributed by atoms with Gasteiger partial charge in [0.15, 0.2) is 0 Å². The van der Waals surface area contributed by atoms with Gasteiger partial charge in [0.05, 0.1) is 0 Å². The van der Waals surface area contributed by atoms with Gasteiger partial charge < -0.3 is 9.89 Å². The molecule has 0 radical (unpaired) electrons. The van der Waals surface area contributed by atoms with Crippen LogP contribution in [0, 0.1) is 5.92 Å². The van der Waals surface area contributed by atoms with Gasteiger partial charge in [-0.3, -0.25) is 4.90 Å². The zero-order valence-corrected chi connectivity index (χ0v) is 10.0. The van der Waals surface area contributed by atoms with Crippen LogP contribution in [0.3, 0.4) is 0 Å². The summed E-state index contributed by atoms with van der Waals surface area (Å²) in [7, 11) is 4.11. The molecule has 0 N–H and O–H groups in total. The van der Waals surface area contributed by atoms with Crippen molar-refractivity contribution in [2.45, 2.75) is 25.3 Å². The molecule has 1 heterocycles. The zero-order valence-electron chi connectivity index (χ0n) is 10.0. The maximum Gasteiger partial charge on any atom is 0.0273 e. The van der Waals surface area contributed by atoms with Crippen molar-refractivity contribution >= 4 is 6.21 Å². The molecule has 0 spiro atoms. The topological polar surface area (TPSA) is 18.8 Å². The maximum absolute atomic E-state index is 4.16. The number of piperazine rings is 1. The Kier molecular flexibility index (Phi) is 3.76. The molecule has 86 valence electrons. The molecule has 1 aliphatic heterocycles. The van der Waals surface area contributed by atoms with E-state index in [4.69, 9.17) is 0 Å². The molecule has 0 aromatic rings. The second-order valence-electron chi connectivity index (χ2n) is 4.97. The molecule has 1 saturated carbocycles. The number of aliphatic imine (C=N–C) groups is 1. The molecule has 0 amide bonds. The van der Waals surface area contributed by atoms with Crippen molar-refractivity contribution < 1.29 is 0 Å². The fourth-order valence-corrected chi connectivity index (χ4v) is 2.86. The summed E-state index contributed by atoms with van der Waals surface area (Å²) in [5, 5.41) is 0. The lowest BCUT2D eigenvalue weighted by molar-refractivity contribution is 0.113. The fourth-order valence-electron chi connectivity index (χ4n) is 2.86. The summed E-state index contributed by atoms with van der Waals surface area (Å²) in [4.78, 5) is 9.27. The van der Waals surface area contributed by atoms with Gasteiger partial charge >= 0.3 is 0 Å². The van der Waals surface area contributed by atoms with E-state index in [1.807, 2.05) is 7.05 Å². The first-order chi connectivity index (χ1) is 7.29. The van der Waals surface area contributed by atoms with Gasteiger partial charge in [0, 0.05) is 45.5 Å². The molecular weight excluding hydrogens is 186 g/mol. The second-order valence-corrected chi connectivity index (χ2v) is 4.97. The molecule has 3 nitrogen and oxygen atoms in total. The average molecular weight is 209 g/mol. The molecule has 2 atom stereocenters. The highest BCUT2D eigenvalue weighted by Gasteiger charge is 2.29. The van der Waals surface area contributed by atoms with Crippen molar-refractivity contribution in [1.29, 1.82) is 0 Å². The molecule has 3 heteroatoms. The van der Waals surface area contributed by atoms with E-state index in [1.54, 1.807) is 0 Å². The molecular formula is C12H23N3. The Morgan fingerprint density at radius 1 is 1.13 bits per heavy atom. The number of rotatable bonds is 2. The lowest BCUT2D eigenvalue weighted by Gasteiger charge is -2.36. The third-order valence-corrected chi connectivity index (χ3v) is 3.86. The Morgan fingerprint density at radius 3 is 2.53 bits per heavy atom. The van der Waals surface area contributed by atoms with Gasteiger partial charge in [-0.1, -0.05) is 0 Å². The number of hydrogen-bond donors (Lipinski definition) is 0. The van der Waals surface area contributed by atoms with Crippen LogP contribution in [0.15, 0.2) is 4.99 Å². The summed E-state index contributed by atoms with van der Waals surface area (Å²) in [5.74, 6) is 0.750. The first-order valence-corrected chi connectivity index (χ1v) is 6.14. The van der Waals surface area contributed by atoms with Crippen LogP contribution < -0.4 is 0 Å². The summed E-state index contributed by atoms with van der Waals surface area (Å²) in [6.07, 6.45) is 6.20. The number of likely N-dealkylation sites (N-methyl/N-ethyl adjacent to an activating group) is 1. The van der Waals surface area contributed by atoms with Crippen molar-refractivity contribution in [3.8, 4) is 0 Å². The maximum atomic E-state index is 4.16. The molecule has 1 unspecified atom stereocenters. The van der Waals surface area contributed by atoms with Gasteiger partial charge in [-0.25, -0.2) is 0 Å². The van der Waals surface area contributed by atoms with Gasteiger partial charge in [-0.2, -0.15) is 0 Å². The van der Waals surface area contributed by atoms with Crippen LogP contribution in [0.4, 0.5) is 0 Å². The van der Waals surface area contributed by atoms with Crippen molar-refractivity contribution in [2.75, 3.05) is 40.3 Å². The predicted octanol–water partition coefficient (Wildman–Crippen LogP) is 1.10. The van der Waals surface area contributed by atoms with Gasteiger partial charge in [0.1, 0.15) is 0 Å². The minimum absolute atomic E-state index is 0.750. The van der Waals surface area contributed by atoms with Crippen molar-refractivity contribution in [1.82, 2.24) is 9.80 Å². The smallest absolute Gasteiger partial charge is 0.0273 e. The van der Waals surface area contributed by atoms with E-state index in [9.17, 15) is 0 Å². The molecule has 1 aliphatic carbocycles. The Labute approximate surface area is 93.2 Å². The normalized spacial score (nSPS) is 35.3. The molecule has 0 aromatic carbocycles. The van der Waals surface area contributed by atoms with E-state index in [-0.39, 0.29) is 0 Å². The Hall–Kier alpha value is -0.410. The molecule has 1 saturated heterocycles. The molecule has 2 aliphatic rings. The highest BCUT2D eigenvalue weighted by atomic mass is 15.3. The third-order valence-electron chi connectivity index (χ3n) is 3.86. The minimum Gasteiger partial charge on any atom is -0.304 e. The van der Waals surface area contributed by atoms with E-state index < -0.39 is 0 Å². The van der Waals surface area contributed by atoms with Crippen LogP contribution in [0.5, 0.6) is 0 Å². The van der Waals surface area contributed by atoms with Crippen LogP contribution in [0.25, 0.3) is 0 Å². The third kappa shape index (κ3) is 2.79. The van der Waals surface area contributed by atoms with Crippen molar-refractivity contribution in [2.24, 2.45) is 10.9 Å². The second kappa shape index (κ2) is 5.08. The molecule has 0 bridgehead atoms. The van der Waals surface area contributed by atoms with E-state index in [0.717, 1.165) is 12.0 Å². The standard InChI is InChI=1S/C12H23N3/c1-13-10-11-3-4-12(9-11)15-7-5-14(2)6-8-15/h10-12H,3-9H2,1-2H3/t11?,12-/m1/s1. The largest absolute Gasteiger partial charge is 0.304 e. The predicted molar refractivity (Wildman–Crippen MR) is 64.6 cm³/mol. The molecule has 2 rings (SSSR count). The summed E-state index contributed by atoms with van der Waals surface area (Å²) in [6.45, 7) is 5.00. The van der Waals surface area contributed by atoms with Crippen LogP contribution in [0.2, 0.25) is 0 Å². The van der Waals surface area contributed by atoms with E-state index in [0.29, 0.717) is 0 Å². The highest BCUT2D eigenvalue weighted by molar-refractivity contribution is 5.61. The quantitative estimate of drug-likeness (QED) is 0.634. The first-order valence-electron chi connectivity index (χ1n) is 6.14. The first kappa shape index (κ1) is 11.1. The van der Waals surface area contributed by atoms with Crippen molar-refractivity contribution in [3.05, 3.63) is 0 Å². The van der Waals surface area contributed by atoms with Gasteiger partial charge in [-0.15, -0.1) is 0 Å². The Balaban J connectivity index is 1.80. The lowest BCUT2D eigenvalue weighted by Crippen LogP contribution is -2.48. The van der Waals surface area contributed by atoms with Gasteiger partial charge in [-0.05, 0) is 32.2 Å². The Morgan fingerprint density at radius 2 is 1.87 bits per heavy atom. The van der Waals surface area contributed by atoms with Crippen LogP contribution >= 0.6 is 0 Å². The molecule has 2 fully saturated rings. The molecule has 15 heavy (non-hydrogen) atoms. The van der Waals surface area contributed by atoms with Crippen LogP contribution in [-0.4, -0.2) is 62.3 Å². The number of hydrogen-bond acceptors (Lipinski definition) is 3. The monoisotopic (exact) mass is 209 g/mol. The summed E-state index contributed by atoms with van der Waals surface area (Å²) < 4.78 is 0. The summed E-state index contributed by atoms with van der Waals surface area (Å²) in [6, 6.07) is 0.835. The summed E-state index contributed by atoms with van der Waals surface area (Å²) >= 11 is 0. The molecule has 0 aromatic heterocycles. The lowest BCUT2D eigenvalue weighted by atomic mass is 10.1. The summed E-state index contributed by atoms with van der Waals surface area (Å²) in [5.41, 5.74) is 0. The number of nitrogens with zero attached hydrogens (tertiary/aromatic N) is 3. The SMILES string of the molecule is CN=CC1CC[C@@H](N2CCN(C)CC2)C1. The average Bonchev–Trinajstić information content (AvgIpc) is 2.68. The van der Waals surface area contributed by atoms with E-state index in [2.05, 4.69) is 28.1 Å². The van der Waals surface area contributed by atoms with Crippen LogP contribution in [-0.2, 0) is 0 Å². The van der Waals surface area contributed by atoms with E-state index in [1.165, 1.54) is 45.4 Å². The van der Waals surface area contributed by atoms with Gasteiger partial charge in [0.25, 0.3) is 0 Å². The fraction of sp³-hybridized carbons (Fsp3) is 0.917. The van der Waals surface area contributed by atoms with Gasteiger partial charge in [0.2, 0.25) is 0 Å². The van der Waals surface area contributed by atoms with Crippen LogP contribution in [0.1, 0.15) is 19.3 Å².